The van der Waals surface area contributed by atoms with Crippen molar-refractivity contribution in [2.45, 2.75) is 45.4 Å². The van der Waals surface area contributed by atoms with Crippen molar-refractivity contribution >= 4 is 27.3 Å². The van der Waals surface area contributed by atoms with Gasteiger partial charge in [0.05, 0.1) is 6.10 Å². The quantitative estimate of drug-likeness (QED) is 0.910. The molecule has 0 amide bonds. The van der Waals surface area contributed by atoms with Gasteiger partial charge in [-0.25, -0.2) is 0 Å². The van der Waals surface area contributed by atoms with Gasteiger partial charge < -0.3 is 10.1 Å². The summed E-state index contributed by atoms with van der Waals surface area (Å²) in [5.74, 6) is 0.720. The minimum absolute atomic E-state index is 0.277. The van der Waals surface area contributed by atoms with Crippen molar-refractivity contribution in [2.75, 3.05) is 6.61 Å². The zero-order valence-corrected chi connectivity index (χ0v) is 13.3. The predicted molar refractivity (Wildman–Crippen MR) is 78.9 cm³/mol. The van der Waals surface area contributed by atoms with Gasteiger partial charge in [0.15, 0.2) is 0 Å². The molecule has 0 bridgehead atoms. The van der Waals surface area contributed by atoms with Crippen LogP contribution in [0.15, 0.2) is 15.9 Å². The molecule has 0 spiro atoms. The number of hydrogen-bond donors (Lipinski definition) is 1. The Morgan fingerprint density at radius 2 is 2.39 bits per heavy atom. The van der Waals surface area contributed by atoms with Crippen molar-refractivity contribution < 1.29 is 4.74 Å². The summed E-state index contributed by atoms with van der Waals surface area (Å²) in [5, 5.41) is 5.90. The average molecular weight is 330 g/mol. The lowest BCUT2D eigenvalue weighted by molar-refractivity contribution is -0.192. The number of rotatable bonds is 3. The Hall–Kier alpha value is 0.1000. The van der Waals surface area contributed by atoms with Gasteiger partial charge in [0.2, 0.25) is 0 Å². The maximum Gasteiger partial charge on any atom is 0.0684 e. The zero-order chi connectivity index (χ0) is 12.8. The molecule has 0 radical (unpaired) electrons. The molecule has 0 aromatic carbocycles. The molecule has 1 aliphatic carbocycles. The van der Waals surface area contributed by atoms with Gasteiger partial charge in [0.25, 0.3) is 0 Å². The summed E-state index contributed by atoms with van der Waals surface area (Å²) in [6.07, 6.45) is 3.01. The molecule has 1 aliphatic heterocycles. The van der Waals surface area contributed by atoms with Gasteiger partial charge in [0.1, 0.15) is 0 Å². The van der Waals surface area contributed by atoms with E-state index in [9.17, 15) is 0 Å². The number of fused-ring (bicyclic) bond motifs is 1. The zero-order valence-electron chi connectivity index (χ0n) is 10.9. The molecular formula is C14H20BrNOS. The van der Waals surface area contributed by atoms with Crippen LogP contribution in [0.1, 0.15) is 31.6 Å². The van der Waals surface area contributed by atoms with E-state index in [1.54, 1.807) is 0 Å². The van der Waals surface area contributed by atoms with Crippen LogP contribution in [0.5, 0.6) is 0 Å². The van der Waals surface area contributed by atoms with Crippen molar-refractivity contribution in [1.29, 1.82) is 0 Å². The van der Waals surface area contributed by atoms with Gasteiger partial charge in [-0.15, -0.1) is 11.3 Å². The van der Waals surface area contributed by atoms with Crippen LogP contribution >= 0.6 is 27.3 Å². The van der Waals surface area contributed by atoms with Gasteiger partial charge in [-0.3, -0.25) is 0 Å². The molecule has 1 aromatic heterocycles. The Morgan fingerprint density at radius 1 is 1.56 bits per heavy atom. The van der Waals surface area contributed by atoms with E-state index in [0.717, 1.165) is 19.1 Å². The third kappa shape index (κ3) is 2.17. The summed E-state index contributed by atoms with van der Waals surface area (Å²) < 4.78 is 7.12. The molecule has 100 valence electrons. The third-order valence-corrected chi connectivity index (χ3v) is 6.15. The number of ether oxygens (including phenoxy) is 1. The molecule has 1 saturated heterocycles. The van der Waals surface area contributed by atoms with E-state index in [4.69, 9.17) is 4.74 Å². The molecule has 18 heavy (non-hydrogen) atoms. The Balaban J connectivity index is 1.62. The predicted octanol–water partition coefficient (Wildman–Crippen LogP) is 3.80. The fourth-order valence-corrected chi connectivity index (χ4v) is 5.00. The largest absolute Gasteiger partial charge is 0.377 e. The maximum absolute atomic E-state index is 5.93. The summed E-state index contributed by atoms with van der Waals surface area (Å²) in [7, 11) is 0. The van der Waals surface area contributed by atoms with Gasteiger partial charge in [0, 0.05) is 45.3 Å². The highest BCUT2D eigenvalue weighted by atomic mass is 79.9. The fraction of sp³-hybridized carbons (Fsp3) is 0.714. The summed E-state index contributed by atoms with van der Waals surface area (Å²) in [6, 6.07) is 2.81. The van der Waals surface area contributed by atoms with Gasteiger partial charge in [-0.1, -0.05) is 13.8 Å². The second kappa shape index (κ2) is 4.89. The summed E-state index contributed by atoms with van der Waals surface area (Å²) >= 11 is 5.33. The van der Waals surface area contributed by atoms with E-state index >= 15 is 0 Å². The first kappa shape index (κ1) is 13.1. The summed E-state index contributed by atoms with van der Waals surface area (Å²) in [5.41, 5.74) is 0.277. The first-order valence-corrected chi connectivity index (χ1v) is 8.34. The number of halogens is 1. The molecule has 3 rings (SSSR count). The minimum Gasteiger partial charge on any atom is -0.377 e. The van der Waals surface area contributed by atoms with Crippen LogP contribution in [-0.4, -0.2) is 18.8 Å². The molecule has 3 atom stereocenters. The number of thiophene rings is 1. The lowest BCUT2D eigenvalue weighted by Gasteiger charge is -2.60. The van der Waals surface area contributed by atoms with E-state index in [1.165, 1.54) is 22.2 Å². The van der Waals surface area contributed by atoms with Crippen LogP contribution in [0, 0.1) is 11.3 Å². The van der Waals surface area contributed by atoms with E-state index in [2.05, 4.69) is 46.5 Å². The molecule has 1 aromatic rings. The molecule has 3 unspecified atom stereocenters. The Morgan fingerprint density at radius 3 is 3.11 bits per heavy atom. The molecule has 2 heterocycles. The molecule has 4 heteroatoms. The maximum atomic E-state index is 5.93. The molecule has 1 saturated carbocycles. The van der Waals surface area contributed by atoms with Crippen molar-refractivity contribution in [2.24, 2.45) is 11.3 Å². The highest BCUT2D eigenvalue weighted by molar-refractivity contribution is 9.10. The lowest BCUT2D eigenvalue weighted by Crippen LogP contribution is -2.69. The standard InChI is InChI=1S/C14H20BrNOS/c1-14(2)12(11-4-3-5-17-13(11)14)16-7-10-6-9(15)8-18-10/h6,8,11-13,16H,3-5,7H2,1-2H3. The molecular weight excluding hydrogens is 310 g/mol. The smallest absolute Gasteiger partial charge is 0.0684 e. The van der Waals surface area contributed by atoms with E-state index in [1.807, 2.05) is 11.3 Å². The Labute approximate surface area is 121 Å². The second-order valence-corrected chi connectivity index (χ2v) is 7.92. The van der Waals surface area contributed by atoms with E-state index in [0.29, 0.717) is 12.1 Å². The van der Waals surface area contributed by atoms with E-state index in [-0.39, 0.29) is 5.41 Å². The van der Waals surface area contributed by atoms with Crippen LogP contribution in [0.4, 0.5) is 0 Å². The van der Waals surface area contributed by atoms with Crippen molar-refractivity contribution in [3.8, 4) is 0 Å². The lowest BCUT2D eigenvalue weighted by atomic mass is 9.55. The molecule has 2 aliphatic rings. The normalized spacial score (nSPS) is 33.8. The fourth-order valence-electron chi connectivity index (χ4n) is 3.59. The summed E-state index contributed by atoms with van der Waals surface area (Å²) in [4.78, 5) is 1.40. The summed E-state index contributed by atoms with van der Waals surface area (Å²) in [6.45, 7) is 6.60. The third-order valence-electron chi connectivity index (χ3n) is 4.45. The van der Waals surface area contributed by atoms with Crippen LogP contribution in [0.25, 0.3) is 0 Å². The first-order chi connectivity index (χ1) is 8.59. The van der Waals surface area contributed by atoms with Gasteiger partial charge in [-0.2, -0.15) is 0 Å². The molecule has 2 fully saturated rings. The van der Waals surface area contributed by atoms with Crippen LogP contribution in [0.3, 0.4) is 0 Å². The monoisotopic (exact) mass is 329 g/mol. The van der Waals surface area contributed by atoms with Crippen LogP contribution in [0.2, 0.25) is 0 Å². The van der Waals surface area contributed by atoms with E-state index < -0.39 is 0 Å². The molecule has 1 N–H and O–H groups in total. The Kier molecular flexibility index (Phi) is 3.56. The molecule has 2 nitrogen and oxygen atoms in total. The average Bonchev–Trinajstić information content (AvgIpc) is 2.75. The van der Waals surface area contributed by atoms with Crippen LogP contribution in [-0.2, 0) is 11.3 Å². The highest BCUT2D eigenvalue weighted by Crippen LogP contribution is 2.51. The van der Waals surface area contributed by atoms with Gasteiger partial charge in [-0.05, 0) is 34.8 Å². The van der Waals surface area contributed by atoms with Crippen LogP contribution < -0.4 is 5.32 Å². The topological polar surface area (TPSA) is 21.3 Å². The first-order valence-electron chi connectivity index (χ1n) is 6.67. The second-order valence-electron chi connectivity index (χ2n) is 6.01. The van der Waals surface area contributed by atoms with Crippen molar-refractivity contribution in [3.05, 3.63) is 20.8 Å². The van der Waals surface area contributed by atoms with Crippen molar-refractivity contribution in [3.63, 3.8) is 0 Å². The Bertz CT molecular complexity index is 431. The van der Waals surface area contributed by atoms with Gasteiger partial charge >= 0.3 is 0 Å². The van der Waals surface area contributed by atoms with Crippen molar-refractivity contribution in [1.82, 2.24) is 5.32 Å². The number of nitrogens with one attached hydrogen (secondary N) is 1. The number of hydrogen-bond acceptors (Lipinski definition) is 3. The minimum atomic E-state index is 0.277. The SMILES string of the molecule is CC1(C)C(NCc2cc(Br)cs2)C2CCCOC21. The highest BCUT2D eigenvalue weighted by Gasteiger charge is 2.57.